The number of rotatable bonds is 3. The zero-order valence-electron chi connectivity index (χ0n) is 6.99. The Morgan fingerprint density at radius 2 is 2.38 bits per heavy atom. The highest BCUT2D eigenvalue weighted by atomic mass is 16.3. The van der Waals surface area contributed by atoms with Crippen molar-refractivity contribution in [1.29, 1.82) is 0 Å². The van der Waals surface area contributed by atoms with E-state index in [0.29, 0.717) is 6.54 Å². The van der Waals surface area contributed by atoms with E-state index in [1.165, 1.54) is 6.33 Å². The van der Waals surface area contributed by atoms with E-state index in [4.69, 9.17) is 5.11 Å². The first-order valence-corrected chi connectivity index (χ1v) is 4.04. The molecule has 5 heteroatoms. The second-order valence-electron chi connectivity index (χ2n) is 2.61. The van der Waals surface area contributed by atoms with Gasteiger partial charge in [0.05, 0.1) is 12.0 Å². The van der Waals surface area contributed by atoms with Crippen LogP contribution in [0, 0.1) is 0 Å². The summed E-state index contributed by atoms with van der Waals surface area (Å²) >= 11 is 0. The zero-order valence-corrected chi connectivity index (χ0v) is 6.99. The fourth-order valence-electron chi connectivity index (χ4n) is 1.19. The van der Waals surface area contributed by atoms with E-state index in [1.807, 2.05) is 12.3 Å². The van der Waals surface area contributed by atoms with Crippen molar-refractivity contribution in [2.75, 3.05) is 18.5 Å². The summed E-state index contributed by atoms with van der Waals surface area (Å²) in [6.45, 7) is 0.590. The van der Waals surface area contributed by atoms with Gasteiger partial charge in [-0.15, -0.1) is 0 Å². The molecule has 0 radical (unpaired) electrons. The van der Waals surface area contributed by atoms with Crippen LogP contribution in [-0.4, -0.2) is 33.2 Å². The van der Waals surface area contributed by atoms with Crippen LogP contribution in [0.2, 0.25) is 0 Å². The third-order valence-corrected chi connectivity index (χ3v) is 1.76. The normalized spacial score (nSPS) is 10.5. The Bertz CT molecular complexity index is 398. The number of hydrogen-bond donors (Lipinski definition) is 3. The van der Waals surface area contributed by atoms with Crippen molar-refractivity contribution in [3.63, 3.8) is 0 Å². The van der Waals surface area contributed by atoms with Crippen LogP contribution in [0.1, 0.15) is 0 Å². The lowest BCUT2D eigenvalue weighted by molar-refractivity contribution is 0.311. The van der Waals surface area contributed by atoms with E-state index in [-0.39, 0.29) is 6.61 Å². The van der Waals surface area contributed by atoms with Crippen LogP contribution >= 0.6 is 0 Å². The Morgan fingerprint density at radius 1 is 1.46 bits per heavy atom. The highest BCUT2D eigenvalue weighted by Gasteiger charge is 2.01. The molecule has 0 spiro atoms. The van der Waals surface area contributed by atoms with E-state index in [9.17, 15) is 0 Å². The second-order valence-corrected chi connectivity index (χ2v) is 2.61. The molecule has 0 saturated carbocycles. The number of anilines is 1. The number of hydrogen-bond acceptors (Lipinski definition) is 4. The van der Waals surface area contributed by atoms with E-state index in [2.05, 4.69) is 20.3 Å². The molecule has 68 valence electrons. The molecule has 0 bridgehead atoms. The molecule has 13 heavy (non-hydrogen) atoms. The minimum atomic E-state index is 0.0932. The van der Waals surface area contributed by atoms with E-state index in [0.717, 1.165) is 16.9 Å². The summed E-state index contributed by atoms with van der Waals surface area (Å²) in [5, 5.41) is 12.6. The lowest BCUT2D eigenvalue weighted by Gasteiger charge is -2.02. The monoisotopic (exact) mass is 178 g/mol. The molecular formula is C8H10N4O. The fourth-order valence-corrected chi connectivity index (χ4v) is 1.19. The molecule has 0 fully saturated rings. The number of nitrogens with one attached hydrogen (secondary N) is 2. The van der Waals surface area contributed by atoms with Gasteiger partial charge < -0.3 is 15.4 Å². The predicted octanol–water partition coefficient (Wildman–Crippen LogP) is 0.362. The molecule has 0 unspecified atom stereocenters. The summed E-state index contributed by atoms with van der Waals surface area (Å²) in [5.41, 5.74) is 0.801. The fraction of sp³-hybridized carbons (Fsp3) is 0.250. The van der Waals surface area contributed by atoms with E-state index < -0.39 is 0 Å². The van der Waals surface area contributed by atoms with Crippen molar-refractivity contribution in [3.8, 4) is 0 Å². The van der Waals surface area contributed by atoms with Crippen molar-refractivity contribution >= 4 is 16.9 Å². The zero-order chi connectivity index (χ0) is 9.10. The number of fused-ring (bicyclic) bond motifs is 1. The van der Waals surface area contributed by atoms with Gasteiger partial charge in [-0.25, -0.2) is 9.97 Å². The van der Waals surface area contributed by atoms with Crippen molar-refractivity contribution in [2.45, 2.75) is 0 Å². The summed E-state index contributed by atoms with van der Waals surface area (Å²) < 4.78 is 0. The Hall–Kier alpha value is -1.62. The lowest BCUT2D eigenvalue weighted by atomic mass is 10.4. The smallest absolute Gasteiger partial charge is 0.142 e. The van der Waals surface area contributed by atoms with Crippen LogP contribution in [0.15, 0.2) is 18.6 Å². The molecule has 0 saturated heterocycles. The Balaban J connectivity index is 2.37. The van der Waals surface area contributed by atoms with Crippen LogP contribution < -0.4 is 5.32 Å². The maximum Gasteiger partial charge on any atom is 0.142 e. The van der Waals surface area contributed by atoms with E-state index >= 15 is 0 Å². The summed E-state index contributed by atoms with van der Waals surface area (Å²) in [7, 11) is 0. The van der Waals surface area contributed by atoms with Crippen LogP contribution in [0.5, 0.6) is 0 Å². The summed E-state index contributed by atoms with van der Waals surface area (Å²) in [6, 6.07) is 1.90. The first-order chi connectivity index (χ1) is 6.42. The van der Waals surface area contributed by atoms with Crippen LogP contribution in [0.4, 0.5) is 5.82 Å². The lowest BCUT2D eigenvalue weighted by Crippen LogP contribution is -2.07. The standard InChI is InChI=1S/C8H10N4O/c13-4-3-10-8-6-1-2-9-7(6)11-5-12-8/h1-2,5,13H,3-4H2,(H2,9,10,11,12). The molecule has 2 heterocycles. The van der Waals surface area contributed by atoms with Crippen molar-refractivity contribution < 1.29 is 5.11 Å². The highest BCUT2D eigenvalue weighted by molar-refractivity contribution is 5.86. The van der Waals surface area contributed by atoms with Gasteiger partial charge in [0.25, 0.3) is 0 Å². The number of aliphatic hydroxyl groups excluding tert-OH is 1. The summed E-state index contributed by atoms with van der Waals surface area (Å²) in [6.07, 6.45) is 3.29. The van der Waals surface area contributed by atoms with Crippen molar-refractivity contribution in [3.05, 3.63) is 18.6 Å². The molecule has 0 aromatic carbocycles. The summed E-state index contributed by atoms with van der Waals surface area (Å²) in [5.74, 6) is 0.750. The molecule has 5 nitrogen and oxygen atoms in total. The third-order valence-electron chi connectivity index (χ3n) is 1.76. The molecular weight excluding hydrogens is 168 g/mol. The number of aromatic amines is 1. The average molecular weight is 178 g/mol. The topological polar surface area (TPSA) is 73.8 Å². The first kappa shape index (κ1) is 8.00. The van der Waals surface area contributed by atoms with Gasteiger partial charge in [0.1, 0.15) is 17.8 Å². The van der Waals surface area contributed by atoms with Gasteiger partial charge in [-0.3, -0.25) is 0 Å². The van der Waals surface area contributed by atoms with Crippen LogP contribution in [0.25, 0.3) is 11.0 Å². The highest BCUT2D eigenvalue weighted by Crippen LogP contribution is 2.16. The first-order valence-electron chi connectivity index (χ1n) is 4.04. The molecule has 0 atom stereocenters. The number of H-pyrrole nitrogens is 1. The van der Waals surface area contributed by atoms with Crippen molar-refractivity contribution in [2.24, 2.45) is 0 Å². The van der Waals surface area contributed by atoms with Gasteiger partial charge in [-0.1, -0.05) is 0 Å². The molecule has 2 aromatic rings. The maximum atomic E-state index is 8.64. The van der Waals surface area contributed by atoms with E-state index in [1.54, 1.807) is 0 Å². The Kier molecular flexibility index (Phi) is 2.09. The van der Waals surface area contributed by atoms with Gasteiger partial charge in [0, 0.05) is 12.7 Å². The minimum absolute atomic E-state index is 0.0932. The van der Waals surface area contributed by atoms with Crippen molar-refractivity contribution in [1.82, 2.24) is 15.0 Å². The van der Waals surface area contributed by atoms with Gasteiger partial charge in [-0.05, 0) is 6.07 Å². The predicted molar refractivity (Wildman–Crippen MR) is 49.5 cm³/mol. The molecule has 3 N–H and O–H groups in total. The average Bonchev–Trinajstić information content (AvgIpc) is 2.62. The maximum absolute atomic E-state index is 8.64. The Labute approximate surface area is 74.8 Å². The minimum Gasteiger partial charge on any atom is -0.395 e. The molecule has 0 aliphatic rings. The molecule has 0 aliphatic carbocycles. The molecule has 0 aliphatic heterocycles. The second kappa shape index (κ2) is 3.40. The van der Waals surface area contributed by atoms with Crippen LogP contribution in [0.3, 0.4) is 0 Å². The third kappa shape index (κ3) is 1.46. The SMILES string of the molecule is OCCNc1ncnc2[nH]ccc12. The summed E-state index contributed by atoms with van der Waals surface area (Å²) in [4.78, 5) is 11.1. The molecule has 0 amide bonds. The van der Waals surface area contributed by atoms with Gasteiger partial charge in [0.15, 0.2) is 0 Å². The van der Waals surface area contributed by atoms with Gasteiger partial charge >= 0.3 is 0 Å². The number of nitrogens with zero attached hydrogens (tertiary/aromatic N) is 2. The Morgan fingerprint density at radius 3 is 3.23 bits per heavy atom. The number of aromatic nitrogens is 3. The largest absolute Gasteiger partial charge is 0.395 e. The van der Waals surface area contributed by atoms with Crippen LogP contribution in [-0.2, 0) is 0 Å². The number of aliphatic hydroxyl groups is 1. The van der Waals surface area contributed by atoms with Gasteiger partial charge in [0.2, 0.25) is 0 Å². The quantitative estimate of drug-likeness (QED) is 0.634. The molecule has 2 aromatic heterocycles. The molecule has 2 rings (SSSR count). The van der Waals surface area contributed by atoms with Gasteiger partial charge in [-0.2, -0.15) is 0 Å².